The molecule has 1 N–H and O–H groups in total. The summed E-state index contributed by atoms with van der Waals surface area (Å²) < 4.78 is 13.0. The smallest absolute Gasteiger partial charge is 0.0975 e. The Bertz CT molecular complexity index is 408. The van der Waals surface area contributed by atoms with E-state index in [0.29, 0.717) is 0 Å². The van der Waals surface area contributed by atoms with Crippen LogP contribution in [0, 0.1) is 0 Å². The molecule has 0 aliphatic heterocycles. The SMILES string of the molecule is C=Cc1[nH]c2c(c1/C=C(\C)F)CCCC2. The van der Waals surface area contributed by atoms with Crippen molar-refractivity contribution in [2.24, 2.45) is 0 Å². The lowest BCUT2D eigenvalue weighted by molar-refractivity contribution is 0.647. The van der Waals surface area contributed by atoms with E-state index in [9.17, 15) is 4.39 Å². The summed E-state index contributed by atoms with van der Waals surface area (Å²) in [6.45, 7) is 5.24. The highest BCUT2D eigenvalue weighted by Crippen LogP contribution is 2.29. The largest absolute Gasteiger partial charge is 0.358 e. The normalized spacial score (nSPS) is 16.3. The van der Waals surface area contributed by atoms with Crippen LogP contribution in [-0.4, -0.2) is 4.98 Å². The molecule has 0 radical (unpaired) electrons. The number of nitrogens with one attached hydrogen (secondary N) is 1. The number of aryl methyl sites for hydroxylation is 1. The number of allylic oxidation sites excluding steroid dienone is 1. The summed E-state index contributed by atoms with van der Waals surface area (Å²) in [5.74, 6) is -0.148. The molecule has 1 aliphatic carbocycles. The maximum absolute atomic E-state index is 13.0. The Morgan fingerprint density at radius 2 is 2.13 bits per heavy atom. The van der Waals surface area contributed by atoms with Crippen molar-refractivity contribution >= 4 is 12.2 Å². The number of hydrogen-bond acceptors (Lipinski definition) is 0. The first-order valence-corrected chi connectivity index (χ1v) is 5.42. The minimum atomic E-state index is -0.148. The van der Waals surface area contributed by atoms with Gasteiger partial charge >= 0.3 is 0 Å². The van der Waals surface area contributed by atoms with Crippen molar-refractivity contribution in [2.45, 2.75) is 32.6 Å². The van der Waals surface area contributed by atoms with E-state index in [2.05, 4.69) is 11.6 Å². The third-order valence-electron chi connectivity index (χ3n) is 2.92. The summed E-state index contributed by atoms with van der Waals surface area (Å²) in [4.78, 5) is 3.33. The van der Waals surface area contributed by atoms with E-state index in [1.165, 1.54) is 31.0 Å². The fraction of sp³-hybridized carbons (Fsp3) is 0.385. The highest BCUT2D eigenvalue weighted by molar-refractivity contribution is 5.67. The predicted octanol–water partition coefficient (Wildman–Crippen LogP) is 3.87. The van der Waals surface area contributed by atoms with Gasteiger partial charge in [0.15, 0.2) is 0 Å². The van der Waals surface area contributed by atoms with E-state index in [1.807, 2.05) is 0 Å². The Kier molecular flexibility index (Phi) is 2.76. The van der Waals surface area contributed by atoms with E-state index < -0.39 is 0 Å². The molecule has 80 valence electrons. The Morgan fingerprint density at radius 1 is 1.40 bits per heavy atom. The van der Waals surface area contributed by atoms with E-state index in [0.717, 1.165) is 24.1 Å². The topological polar surface area (TPSA) is 15.8 Å². The molecule has 2 heteroatoms. The number of H-pyrrole nitrogens is 1. The molecule has 0 unspecified atom stereocenters. The number of rotatable bonds is 2. The highest BCUT2D eigenvalue weighted by atomic mass is 19.1. The lowest BCUT2D eigenvalue weighted by atomic mass is 9.94. The van der Waals surface area contributed by atoms with Crippen molar-refractivity contribution in [3.63, 3.8) is 0 Å². The maximum Gasteiger partial charge on any atom is 0.0975 e. The minimum absolute atomic E-state index is 0.148. The molecule has 15 heavy (non-hydrogen) atoms. The molecule has 0 saturated carbocycles. The monoisotopic (exact) mass is 205 g/mol. The van der Waals surface area contributed by atoms with Crippen molar-refractivity contribution < 1.29 is 4.39 Å². The first-order chi connectivity index (χ1) is 7.22. The van der Waals surface area contributed by atoms with Gasteiger partial charge in [0.25, 0.3) is 0 Å². The zero-order chi connectivity index (χ0) is 10.8. The number of fused-ring (bicyclic) bond motifs is 1. The second-order valence-corrected chi connectivity index (χ2v) is 4.05. The van der Waals surface area contributed by atoms with Crippen molar-refractivity contribution in [3.8, 4) is 0 Å². The van der Waals surface area contributed by atoms with E-state index >= 15 is 0 Å². The summed E-state index contributed by atoms with van der Waals surface area (Å²) in [5, 5.41) is 0. The van der Waals surface area contributed by atoms with Gasteiger partial charge in [0, 0.05) is 17.0 Å². The van der Waals surface area contributed by atoms with Crippen LogP contribution in [0.5, 0.6) is 0 Å². The van der Waals surface area contributed by atoms with E-state index in [-0.39, 0.29) is 5.83 Å². The molecule has 0 amide bonds. The molecule has 1 nitrogen and oxygen atoms in total. The quantitative estimate of drug-likeness (QED) is 0.754. The van der Waals surface area contributed by atoms with E-state index in [4.69, 9.17) is 0 Å². The number of halogens is 1. The molecule has 1 aliphatic rings. The van der Waals surface area contributed by atoms with Gasteiger partial charge in [-0.15, -0.1) is 0 Å². The van der Waals surface area contributed by atoms with Crippen molar-refractivity contribution in [3.05, 3.63) is 34.9 Å². The van der Waals surface area contributed by atoms with Gasteiger partial charge in [0.05, 0.1) is 5.83 Å². The van der Waals surface area contributed by atoms with Gasteiger partial charge in [-0.25, -0.2) is 4.39 Å². The standard InChI is InChI=1S/C13H16FN/c1-3-12-11(8-9(2)14)10-6-4-5-7-13(10)15-12/h3,8,15H,1,4-7H2,2H3/b9-8+. The zero-order valence-corrected chi connectivity index (χ0v) is 9.07. The van der Waals surface area contributed by atoms with Crippen LogP contribution in [0.4, 0.5) is 4.39 Å². The van der Waals surface area contributed by atoms with Crippen molar-refractivity contribution in [1.82, 2.24) is 4.98 Å². The van der Waals surface area contributed by atoms with Gasteiger partial charge in [-0.05, 0) is 50.3 Å². The van der Waals surface area contributed by atoms with Crippen molar-refractivity contribution in [2.75, 3.05) is 0 Å². The summed E-state index contributed by atoms with van der Waals surface area (Å²) >= 11 is 0. The van der Waals surface area contributed by atoms with Crippen LogP contribution in [0.25, 0.3) is 12.2 Å². The van der Waals surface area contributed by atoms with Gasteiger partial charge in [0.1, 0.15) is 0 Å². The molecule has 0 atom stereocenters. The van der Waals surface area contributed by atoms with Gasteiger partial charge in [-0.2, -0.15) is 0 Å². The molecule has 0 aromatic carbocycles. The molecule has 0 spiro atoms. The van der Waals surface area contributed by atoms with Crippen LogP contribution < -0.4 is 0 Å². The zero-order valence-electron chi connectivity index (χ0n) is 9.07. The number of aromatic amines is 1. The number of aromatic nitrogens is 1. The van der Waals surface area contributed by atoms with Crippen LogP contribution >= 0.6 is 0 Å². The van der Waals surface area contributed by atoms with E-state index in [1.54, 1.807) is 12.2 Å². The lowest BCUT2D eigenvalue weighted by Crippen LogP contribution is -2.01. The molecule has 1 aromatic rings. The summed E-state index contributed by atoms with van der Waals surface area (Å²) in [6.07, 6.45) is 7.94. The lowest BCUT2D eigenvalue weighted by Gasteiger charge is -2.11. The summed E-state index contributed by atoms with van der Waals surface area (Å²) in [5.41, 5.74) is 4.51. The van der Waals surface area contributed by atoms with Gasteiger partial charge in [-0.1, -0.05) is 6.58 Å². The van der Waals surface area contributed by atoms with Gasteiger partial charge in [0.2, 0.25) is 0 Å². The van der Waals surface area contributed by atoms with Crippen LogP contribution in [0.2, 0.25) is 0 Å². The Balaban J connectivity index is 2.53. The van der Waals surface area contributed by atoms with Crippen LogP contribution in [0.1, 0.15) is 42.3 Å². The average molecular weight is 205 g/mol. The maximum atomic E-state index is 13.0. The molecular formula is C13H16FN. The summed E-state index contributed by atoms with van der Waals surface area (Å²) in [6, 6.07) is 0. The second-order valence-electron chi connectivity index (χ2n) is 4.05. The predicted molar refractivity (Wildman–Crippen MR) is 62.3 cm³/mol. The average Bonchev–Trinajstić information content (AvgIpc) is 2.56. The first kappa shape index (κ1) is 10.2. The Hall–Kier alpha value is -1.31. The minimum Gasteiger partial charge on any atom is -0.358 e. The third-order valence-corrected chi connectivity index (χ3v) is 2.92. The molecule has 2 rings (SSSR count). The molecular weight excluding hydrogens is 189 g/mol. The Morgan fingerprint density at radius 3 is 2.80 bits per heavy atom. The third kappa shape index (κ3) is 1.89. The van der Waals surface area contributed by atoms with Gasteiger partial charge < -0.3 is 4.98 Å². The van der Waals surface area contributed by atoms with Crippen LogP contribution in [0.15, 0.2) is 12.4 Å². The highest BCUT2D eigenvalue weighted by Gasteiger charge is 2.17. The molecule has 0 saturated heterocycles. The Labute approximate surface area is 89.7 Å². The fourth-order valence-corrected chi connectivity index (χ4v) is 2.26. The van der Waals surface area contributed by atoms with Crippen LogP contribution in [-0.2, 0) is 12.8 Å². The second kappa shape index (κ2) is 4.05. The molecule has 1 aromatic heterocycles. The first-order valence-electron chi connectivity index (χ1n) is 5.42. The fourth-order valence-electron chi connectivity index (χ4n) is 2.26. The molecule has 0 fully saturated rings. The van der Waals surface area contributed by atoms with Gasteiger partial charge in [-0.3, -0.25) is 0 Å². The van der Waals surface area contributed by atoms with Crippen LogP contribution in [0.3, 0.4) is 0 Å². The molecule has 1 heterocycles. The molecule has 0 bridgehead atoms. The van der Waals surface area contributed by atoms with Crippen molar-refractivity contribution in [1.29, 1.82) is 0 Å². The summed E-state index contributed by atoms with van der Waals surface area (Å²) in [7, 11) is 0. The number of hydrogen-bond donors (Lipinski definition) is 1.